The number of ether oxygens (including phenoxy) is 3. The lowest BCUT2D eigenvalue weighted by Gasteiger charge is -2.65. The van der Waals surface area contributed by atoms with Crippen LogP contribution in [0.5, 0.6) is 0 Å². The number of ketones is 1. The molecule has 0 spiro atoms. The molecule has 328 valence electrons. The molecule has 0 aromatic heterocycles. The van der Waals surface area contributed by atoms with Crippen LogP contribution in [0.4, 0.5) is 0 Å². The zero-order valence-electron chi connectivity index (χ0n) is 40.6. The molecule has 0 amide bonds. The summed E-state index contributed by atoms with van der Waals surface area (Å²) in [5.74, 6) is -1.91. The Balaban J connectivity index is 3.91. The predicted octanol–water partition coefficient (Wildman–Crippen LogP) is 11.5. The Bertz CT molecular complexity index is 1360. The minimum Gasteiger partial charge on any atom is -0.469 e. The summed E-state index contributed by atoms with van der Waals surface area (Å²) in [5.41, 5.74) is -4.17. The van der Waals surface area contributed by atoms with E-state index in [1.165, 1.54) is 14.2 Å². The molecule has 8 nitrogen and oxygen atoms in total. The number of Topliss-reactive ketones (excluding diaryl/α,β-unsaturated/α-hetero) is 1. The second kappa shape index (κ2) is 18.5. The first-order chi connectivity index (χ1) is 25.2. The largest absolute Gasteiger partial charge is 0.469 e. The Morgan fingerprint density at radius 1 is 0.714 bits per heavy atom. The molecule has 1 aliphatic rings. The smallest absolute Gasteiger partial charge is 0.310 e. The summed E-state index contributed by atoms with van der Waals surface area (Å²) in [6, 6.07) is 0. The molecule has 6 atom stereocenters. The Morgan fingerprint density at radius 3 is 1.54 bits per heavy atom. The maximum absolute atomic E-state index is 14.2. The molecule has 0 radical (unpaired) electrons. The van der Waals surface area contributed by atoms with Gasteiger partial charge in [-0.2, -0.15) is 0 Å². The maximum Gasteiger partial charge on any atom is 0.310 e. The molecule has 0 N–H and O–H groups in total. The number of methoxy groups -OCH3 is 2. The van der Waals surface area contributed by atoms with E-state index in [1.54, 1.807) is 0 Å². The van der Waals surface area contributed by atoms with Crippen molar-refractivity contribution < 1.29 is 33.4 Å². The van der Waals surface area contributed by atoms with E-state index < -0.39 is 56.0 Å². The van der Waals surface area contributed by atoms with Crippen LogP contribution in [0, 0.1) is 56.7 Å². The van der Waals surface area contributed by atoms with Crippen LogP contribution in [0.3, 0.4) is 0 Å². The quantitative estimate of drug-likeness (QED) is 0.0644. The highest BCUT2D eigenvalue weighted by molar-refractivity contribution is 5.84. The van der Waals surface area contributed by atoms with Crippen LogP contribution in [0.15, 0.2) is 0 Å². The van der Waals surface area contributed by atoms with Crippen LogP contribution < -0.4 is 0 Å². The third-order valence-corrected chi connectivity index (χ3v) is 16.9. The number of unbranched alkanes of at least 4 members (excludes halogenated alkanes) is 1. The van der Waals surface area contributed by atoms with Crippen molar-refractivity contribution in [1.82, 2.24) is 4.90 Å². The van der Waals surface area contributed by atoms with E-state index in [2.05, 4.69) is 136 Å². The van der Waals surface area contributed by atoms with Gasteiger partial charge in [0.25, 0.3) is 0 Å². The van der Waals surface area contributed by atoms with Crippen molar-refractivity contribution in [3.63, 3.8) is 0 Å². The van der Waals surface area contributed by atoms with E-state index in [-0.39, 0.29) is 35.0 Å². The second-order valence-corrected chi connectivity index (χ2v) is 22.1. The summed E-state index contributed by atoms with van der Waals surface area (Å²) in [4.78, 5) is 58.5. The van der Waals surface area contributed by atoms with Crippen LogP contribution >= 0.6 is 0 Å². The van der Waals surface area contributed by atoms with Crippen molar-refractivity contribution in [2.45, 2.75) is 206 Å². The van der Waals surface area contributed by atoms with Crippen LogP contribution in [0.2, 0.25) is 0 Å². The van der Waals surface area contributed by atoms with Crippen LogP contribution in [0.1, 0.15) is 190 Å². The zero-order valence-corrected chi connectivity index (χ0v) is 40.6. The fraction of sp³-hybridized carbons (Fsp3) is 0.917. The van der Waals surface area contributed by atoms with E-state index >= 15 is 0 Å². The molecule has 0 aromatic rings. The average Bonchev–Trinajstić information content (AvgIpc) is 3.09. The highest BCUT2D eigenvalue weighted by atomic mass is 16.5. The van der Waals surface area contributed by atoms with Crippen molar-refractivity contribution in [3.8, 4) is 0 Å². The molecule has 6 unspecified atom stereocenters. The summed E-state index contributed by atoms with van der Waals surface area (Å²) in [5, 5.41) is 0. The van der Waals surface area contributed by atoms with Crippen molar-refractivity contribution in [2.75, 3.05) is 20.8 Å². The second-order valence-electron chi connectivity index (χ2n) is 22.1. The number of carbonyl (C=O) groups excluding carboxylic acids is 4. The number of carbonyl (C=O) groups is 4. The highest BCUT2D eigenvalue weighted by Gasteiger charge is 2.61. The summed E-state index contributed by atoms with van der Waals surface area (Å²) < 4.78 is 17.2. The Morgan fingerprint density at radius 2 is 1.14 bits per heavy atom. The van der Waals surface area contributed by atoms with Crippen molar-refractivity contribution in [1.29, 1.82) is 0 Å². The van der Waals surface area contributed by atoms with Crippen LogP contribution in [-0.4, -0.2) is 66.0 Å². The monoisotopic (exact) mass is 792 g/mol. The zero-order chi connectivity index (χ0) is 44.3. The SMILES string of the molecule is CCCCOC(=O)C(CC(C)(C)C(C)C)C(C)(C)C(C)(C)CC(C(=O)OC)C(C)(C)C(C)(C)CC(C(=O)OC)C(C)(C)N1C(C)(CC)CC(=O)C(C)C1(C)CC. The molecule has 0 bridgehead atoms. The van der Waals surface area contributed by atoms with E-state index in [0.717, 1.165) is 25.7 Å². The molecule has 0 aliphatic carbocycles. The van der Waals surface area contributed by atoms with Gasteiger partial charge in [0.15, 0.2) is 0 Å². The maximum atomic E-state index is 14.2. The first kappa shape index (κ1) is 52.1. The van der Waals surface area contributed by atoms with Gasteiger partial charge in [-0.3, -0.25) is 24.1 Å². The first-order valence-electron chi connectivity index (χ1n) is 21.9. The van der Waals surface area contributed by atoms with Gasteiger partial charge in [-0.25, -0.2) is 0 Å². The van der Waals surface area contributed by atoms with Gasteiger partial charge in [-0.05, 0) is 99.2 Å². The average molecular weight is 792 g/mol. The molecule has 0 saturated carbocycles. The number of hydrogen-bond acceptors (Lipinski definition) is 8. The molecule has 56 heavy (non-hydrogen) atoms. The fourth-order valence-corrected chi connectivity index (χ4v) is 9.86. The van der Waals surface area contributed by atoms with E-state index in [1.807, 2.05) is 6.92 Å². The van der Waals surface area contributed by atoms with Gasteiger partial charge < -0.3 is 14.2 Å². The molecule has 0 aromatic carbocycles. The van der Waals surface area contributed by atoms with Gasteiger partial charge in [0, 0.05) is 29.0 Å². The standard InChI is InChI=1S/C48H89NO7/c1-23-26-27-56-40(53)34(28-41(7,8)32(4)5)44(13,14)42(9,10)29-35(38(51)54-21)45(15,16)43(11,12)30-36(39(52)55-22)46(17,18)49-47(19,24-2)31-37(50)33(6)48(49,20)25-3/h32-36H,23-31H2,1-22H3. The number of piperidine rings is 1. The predicted molar refractivity (Wildman–Crippen MR) is 230 cm³/mol. The molecule has 1 rings (SSSR count). The van der Waals surface area contributed by atoms with Crippen molar-refractivity contribution in [3.05, 3.63) is 0 Å². The van der Waals surface area contributed by atoms with E-state index in [9.17, 15) is 19.2 Å². The summed E-state index contributed by atoms with van der Waals surface area (Å²) in [6.07, 6.45) is 5.24. The third kappa shape index (κ3) is 10.2. The van der Waals surface area contributed by atoms with Gasteiger partial charge >= 0.3 is 17.9 Å². The summed E-state index contributed by atoms with van der Waals surface area (Å²) in [6.45, 7) is 43.5. The lowest BCUT2D eigenvalue weighted by Crippen LogP contribution is -2.74. The Hall–Kier alpha value is -1.96. The summed E-state index contributed by atoms with van der Waals surface area (Å²) >= 11 is 0. The van der Waals surface area contributed by atoms with Crippen molar-refractivity contribution >= 4 is 23.7 Å². The molecule has 1 saturated heterocycles. The topological polar surface area (TPSA) is 99.2 Å². The van der Waals surface area contributed by atoms with E-state index in [4.69, 9.17) is 14.2 Å². The number of nitrogens with zero attached hydrogens (tertiary/aromatic N) is 1. The lowest BCUT2D eigenvalue weighted by molar-refractivity contribution is -0.184. The minimum absolute atomic E-state index is 0.123. The molecule has 8 heteroatoms. The summed E-state index contributed by atoms with van der Waals surface area (Å²) in [7, 11) is 2.90. The number of esters is 3. The van der Waals surface area contributed by atoms with Crippen LogP contribution in [-0.2, 0) is 33.4 Å². The third-order valence-electron chi connectivity index (χ3n) is 16.9. The molecule has 1 aliphatic heterocycles. The first-order valence-corrected chi connectivity index (χ1v) is 21.9. The minimum atomic E-state index is -0.721. The normalized spacial score (nSPS) is 23.8. The lowest BCUT2D eigenvalue weighted by atomic mass is 9.50. The number of rotatable bonds is 21. The van der Waals surface area contributed by atoms with Gasteiger partial charge in [-0.1, -0.05) is 117 Å². The fourth-order valence-electron chi connectivity index (χ4n) is 9.86. The Kier molecular flexibility index (Phi) is 17.2. The van der Waals surface area contributed by atoms with Crippen LogP contribution in [0.25, 0.3) is 0 Å². The van der Waals surface area contributed by atoms with Gasteiger partial charge in [-0.15, -0.1) is 0 Å². The highest BCUT2D eigenvalue weighted by Crippen LogP contribution is 2.59. The molecular weight excluding hydrogens is 703 g/mol. The van der Waals surface area contributed by atoms with E-state index in [0.29, 0.717) is 38.2 Å². The number of hydrogen-bond donors (Lipinski definition) is 0. The van der Waals surface area contributed by atoms with Crippen molar-refractivity contribution in [2.24, 2.45) is 56.7 Å². The number of likely N-dealkylation sites (tertiary alicyclic amines) is 1. The van der Waals surface area contributed by atoms with Gasteiger partial charge in [0.1, 0.15) is 5.78 Å². The molecule has 1 fully saturated rings. The van der Waals surface area contributed by atoms with Gasteiger partial charge in [0.05, 0.1) is 38.6 Å². The van der Waals surface area contributed by atoms with Gasteiger partial charge in [0.2, 0.25) is 0 Å². The Labute approximate surface area is 345 Å². The molecular formula is C48H89NO7. The molecule has 1 heterocycles.